The lowest BCUT2D eigenvalue weighted by atomic mass is 10.0. The van der Waals surface area contributed by atoms with Gasteiger partial charge in [-0.3, -0.25) is 9.59 Å². The zero-order valence-electron chi connectivity index (χ0n) is 32.9. The van der Waals surface area contributed by atoms with Gasteiger partial charge < -0.3 is 19.3 Å². The summed E-state index contributed by atoms with van der Waals surface area (Å²) in [7, 11) is -5.93. The SMILES string of the molecule is C=CCN(C(=O)[C@H](Cc1cc(C)cc(F)c1)NS(=O)(=O)CCCS(=O)(=O)N[C@H](Cc1cc(F)cc(F)c1)C(=O)N(CC=C)c1ccc(OC)cc1)c1ccc(OC)cc1. The number of ether oxygens (including phenoxy) is 2. The van der Waals surface area contributed by atoms with E-state index in [1.165, 1.54) is 48.3 Å². The van der Waals surface area contributed by atoms with E-state index in [4.69, 9.17) is 9.47 Å². The molecule has 2 atom stereocenters. The second kappa shape index (κ2) is 21.0. The normalized spacial score (nSPS) is 12.6. The Balaban J connectivity index is 1.57. The molecular weight excluding hydrogens is 810 g/mol. The highest BCUT2D eigenvalue weighted by Gasteiger charge is 2.32. The van der Waals surface area contributed by atoms with Crippen LogP contribution < -0.4 is 28.7 Å². The zero-order valence-corrected chi connectivity index (χ0v) is 34.5. The molecule has 0 spiro atoms. The van der Waals surface area contributed by atoms with Crippen LogP contribution in [0, 0.1) is 24.4 Å². The molecule has 2 N–H and O–H groups in total. The van der Waals surface area contributed by atoms with Crippen molar-refractivity contribution in [1.82, 2.24) is 9.44 Å². The van der Waals surface area contributed by atoms with Gasteiger partial charge >= 0.3 is 0 Å². The Hall–Kier alpha value is -5.49. The van der Waals surface area contributed by atoms with Crippen LogP contribution in [0.15, 0.2) is 110 Å². The van der Waals surface area contributed by atoms with E-state index in [9.17, 15) is 39.6 Å². The lowest BCUT2D eigenvalue weighted by Crippen LogP contribution is -2.51. The third-order valence-electron chi connectivity index (χ3n) is 8.89. The second-order valence-electron chi connectivity index (χ2n) is 13.5. The van der Waals surface area contributed by atoms with Crippen LogP contribution in [0.4, 0.5) is 24.5 Å². The standard InChI is InChI=1S/C42H47F3N4O8S2/c1-6-17-48(35-9-13-37(56-4)14-10-35)41(50)39(26-30-21-29(3)22-32(43)23-30)46-58(52,53)19-8-20-59(54,55)47-40(27-31-24-33(44)28-34(45)25-31)42(51)49(18-7-2)36-11-15-38(57-5)16-12-36/h6-7,9-16,21-25,28,39-40,46-47H,1-2,8,17-20,26-27H2,3-5H3/t39-,40+/m0/s1. The smallest absolute Gasteiger partial charge is 0.245 e. The average molecular weight is 857 g/mol. The number of carbonyl (C=O) groups is 2. The third kappa shape index (κ3) is 13.8. The summed E-state index contributed by atoms with van der Waals surface area (Å²) >= 11 is 0. The number of nitrogens with zero attached hydrogens (tertiary/aromatic N) is 2. The molecule has 0 aliphatic heterocycles. The Bertz CT molecular complexity index is 2130. The molecule has 4 aromatic carbocycles. The fraction of sp³-hybridized carbons (Fsp3) is 0.286. The molecule has 59 heavy (non-hydrogen) atoms. The molecular formula is C42H47F3N4O8S2. The maximum atomic E-state index is 14.4. The highest BCUT2D eigenvalue weighted by molar-refractivity contribution is 7.90. The largest absolute Gasteiger partial charge is 0.497 e. The van der Waals surface area contributed by atoms with Crippen molar-refractivity contribution in [3.63, 3.8) is 0 Å². The molecule has 17 heteroatoms. The summed E-state index contributed by atoms with van der Waals surface area (Å²) in [6, 6.07) is 16.3. The molecule has 2 amide bonds. The number of anilines is 2. The van der Waals surface area contributed by atoms with Gasteiger partial charge in [0, 0.05) is 30.5 Å². The minimum Gasteiger partial charge on any atom is -0.497 e. The van der Waals surface area contributed by atoms with Crippen LogP contribution >= 0.6 is 0 Å². The van der Waals surface area contributed by atoms with Crippen LogP contribution in [-0.2, 0) is 42.5 Å². The summed E-state index contributed by atoms with van der Waals surface area (Å²) in [6.45, 7) is 8.96. The van der Waals surface area contributed by atoms with Gasteiger partial charge in [-0.2, -0.15) is 0 Å². The lowest BCUT2D eigenvalue weighted by Gasteiger charge is -2.28. The van der Waals surface area contributed by atoms with E-state index in [0.717, 1.165) is 12.1 Å². The van der Waals surface area contributed by atoms with Gasteiger partial charge in [0.15, 0.2) is 0 Å². The van der Waals surface area contributed by atoms with Crippen LogP contribution in [0.3, 0.4) is 0 Å². The molecule has 0 saturated carbocycles. The minimum atomic E-state index is -4.46. The van der Waals surface area contributed by atoms with E-state index in [1.54, 1.807) is 61.5 Å². The van der Waals surface area contributed by atoms with E-state index in [0.29, 0.717) is 40.1 Å². The van der Waals surface area contributed by atoms with E-state index in [1.807, 2.05) is 0 Å². The summed E-state index contributed by atoms with van der Waals surface area (Å²) in [4.78, 5) is 30.7. The number of halogens is 3. The molecule has 316 valence electrons. The molecule has 0 aliphatic rings. The molecule has 0 aromatic heterocycles. The molecule has 4 aromatic rings. The van der Waals surface area contributed by atoms with Crippen molar-refractivity contribution in [2.75, 3.05) is 48.6 Å². The van der Waals surface area contributed by atoms with E-state index >= 15 is 0 Å². The van der Waals surface area contributed by atoms with Gasteiger partial charge in [0.1, 0.15) is 41.0 Å². The van der Waals surface area contributed by atoms with Crippen molar-refractivity contribution in [2.24, 2.45) is 0 Å². The third-order valence-corrected chi connectivity index (χ3v) is 11.8. The average Bonchev–Trinajstić information content (AvgIpc) is 3.17. The molecule has 4 rings (SSSR count). The molecule has 0 saturated heterocycles. The Morgan fingerprint density at radius 2 is 1.02 bits per heavy atom. The molecule has 12 nitrogen and oxygen atoms in total. The molecule has 0 fully saturated rings. The maximum absolute atomic E-state index is 14.4. The second-order valence-corrected chi connectivity index (χ2v) is 17.3. The van der Waals surface area contributed by atoms with E-state index < -0.39 is 85.7 Å². The van der Waals surface area contributed by atoms with Gasteiger partial charge in [0.05, 0.1) is 25.7 Å². The Kier molecular flexibility index (Phi) is 16.4. The van der Waals surface area contributed by atoms with Gasteiger partial charge in [-0.25, -0.2) is 39.5 Å². The number of rotatable bonds is 22. The van der Waals surface area contributed by atoms with Gasteiger partial charge in [0.25, 0.3) is 0 Å². The quantitative estimate of drug-likeness (QED) is 0.0968. The maximum Gasteiger partial charge on any atom is 0.245 e. The fourth-order valence-corrected chi connectivity index (χ4v) is 8.99. The summed E-state index contributed by atoms with van der Waals surface area (Å²) in [5, 5.41) is 0. The van der Waals surface area contributed by atoms with Gasteiger partial charge in [-0.15, -0.1) is 13.2 Å². The van der Waals surface area contributed by atoms with Crippen LogP contribution in [0.1, 0.15) is 23.1 Å². The van der Waals surface area contributed by atoms with Crippen molar-refractivity contribution in [1.29, 1.82) is 0 Å². The minimum absolute atomic E-state index is 0.0136. The molecule has 0 aliphatic carbocycles. The first-order chi connectivity index (χ1) is 28.0. The predicted molar refractivity (Wildman–Crippen MR) is 222 cm³/mol. The number of methoxy groups -OCH3 is 2. The predicted octanol–water partition coefficient (Wildman–Crippen LogP) is 5.62. The summed E-state index contributed by atoms with van der Waals surface area (Å²) < 4.78 is 112. The van der Waals surface area contributed by atoms with Crippen molar-refractivity contribution in [3.05, 3.63) is 144 Å². The first-order valence-corrected chi connectivity index (χ1v) is 21.6. The molecule has 0 heterocycles. The monoisotopic (exact) mass is 856 g/mol. The van der Waals surface area contributed by atoms with Crippen LogP contribution in [0.2, 0.25) is 0 Å². The number of amides is 2. The highest BCUT2D eigenvalue weighted by Crippen LogP contribution is 2.23. The van der Waals surface area contributed by atoms with E-state index in [-0.39, 0.29) is 25.1 Å². The number of benzene rings is 4. The Morgan fingerprint density at radius 3 is 1.37 bits per heavy atom. The summed E-state index contributed by atoms with van der Waals surface area (Å²) in [5.74, 6) is -4.50. The van der Waals surface area contributed by atoms with Crippen LogP contribution in [0.5, 0.6) is 11.5 Å². The molecule has 0 bridgehead atoms. The number of hydrogen-bond donors (Lipinski definition) is 2. The lowest BCUT2D eigenvalue weighted by molar-refractivity contribution is -0.120. The highest BCUT2D eigenvalue weighted by atomic mass is 32.2. The topological polar surface area (TPSA) is 151 Å². The Labute approximate surface area is 343 Å². The molecule has 0 unspecified atom stereocenters. The Morgan fingerprint density at radius 1 is 0.644 bits per heavy atom. The number of hydrogen-bond acceptors (Lipinski definition) is 8. The van der Waals surface area contributed by atoms with Crippen molar-refractivity contribution >= 4 is 43.2 Å². The summed E-state index contributed by atoms with van der Waals surface area (Å²) in [5.41, 5.74) is 1.60. The first-order valence-electron chi connectivity index (χ1n) is 18.3. The van der Waals surface area contributed by atoms with Crippen molar-refractivity contribution < 1.29 is 49.1 Å². The van der Waals surface area contributed by atoms with E-state index in [2.05, 4.69) is 22.6 Å². The first kappa shape index (κ1) is 46.2. The van der Waals surface area contributed by atoms with Gasteiger partial charge in [-0.1, -0.05) is 18.2 Å². The summed E-state index contributed by atoms with van der Waals surface area (Å²) in [6.07, 6.45) is 1.65. The van der Waals surface area contributed by atoms with Crippen LogP contribution in [-0.4, -0.2) is 79.5 Å². The number of aryl methyl sites for hydroxylation is 1. The number of sulfonamides is 2. The van der Waals surface area contributed by atoms with Gasteiger partial charge in [-0.05, 0) is 116 Å². The fourth-order valence-electron chi connectivity index (χ4n) is 6.28. The zero-order chi connectivity index (χ0) is 43.3. The van der Waals surface area contributed by atoms with Crippen LogP contribution in [0.25, 0.3) is 0 Å². The number of nitrogens with one attached hydrogen (secondary N) is 2. The molecule has 0 radical (unpaired) electrons. The van der Waals surface area contributed by atoms with Gasteiger partial charge in [0.2, 0.25) is 31.9 Å². The number of carbonyl (C=O) groups excluding carboxylic acids is 2. The van der Waals surface area contributed by atoms with Crippen molar-refractivity contribution in [2.45, 2.75) is 38.3 Å². The van der Waals surface area contributed by atoms with Crippen molar-refractivity contribution in [3.8, 4) is 11.5 Å².